The zero-order chi connectivity index (χ0) is 36.3. The first kappa shape index (κ1) is 30.9. The molecular weight excluding hydrogens is 677 g/mol. The van der Waals surface area contributed by atoms with Crippen LogP contribution in [0.25, 0.3) is 101 Å². The minimum atomic E-state index is 0.627. The molecule has 0 aliphatic rings. The third-order valence-corrected chi connectivity index (χ3v) is 10.2. The molecule has 0 N–H and O–H groups in total. The molecule has 0 bridgehead atoms. The van der Waals surface area contributed by atoms with Crippen molar-refractivity contribution in [3.8, 4) is 62.1 Å². The van der Waals surface area contributed by atoms with Crippen LogP contribution in [0.5, 0.6) is 0 Å². The topological polar surface area (TPSA) is 74.0 Å². The Bertz CT molecular complexity index is 3140. The molecule has 0 aliphatic heterocycles. The van der Waals surface area contributed by atoms with Gasteiger partial charge < -0.3 is 4.42 Å². The summed E-state index contributed by atoms with van der Waals surface area (Å²) >= 11 is 0. The zero-order valence-electron chi connectivity index (χ0n) is 29.4. The number of furan rings is 1. The molecule has 7 nitrogen and oxygen atoms in total. The SMILES string of the molecule is c1ccc(-c2nc(-c3ccccc3)nc(-c3cccc(-c4cccc(-c5ccc6c(c5)nc5n(-c7ccccc7)c7oc8ccccc8c7n65)c4)c3)n2)cc1. The second-order valence-electron chi connectivity index (χ2n) is 13.6. The fourth-order valence-electron chi connectivity index (χ4n) is 7.56. The summed E-state index contributed by atoms with van der Waals surface area (Å²) in [6.45, 7) is 0. The number of aromatic nitrogens is 6. The van der Waals surface area contributed by atoms with E-state index < -0.39 is 0 Å². The van der Waals surface area contributed by atoms with Crippen molar-refractivity contribution in [1.82, 2.24) is 28.9 Å². The van der Waals surface area contributed by atoms with Crippen molar-refractivity contribution in [1.29, 1.82) is 0 Å². The highest BCUT2D eigenvalue weighted by atomic mass is 16.3. The summed E-state index contributed by atoms with van der Waals surface area (Å²) in [7, 11) is 0. The smallest absolute Gasteiger partial charge is 0.232 e. The second kappa shape index (κ2) is 12.5. The van der Waals surface area contributed by atoms with Gasteiger partial charge in [0.1, 0.15) is 11.1 Å². The third-order valence-electron chi connectivity index (χ3n) is 10.2. The van der Waals surface area contributed by atoms with Crippen molar-refractivity contribution in [3.63, 3.8) is 0 Å². The summed E-state index contributed by atoms with van der Waals surface area (Å²) in [6.07, 6.45) is 0. The van der Waals surface area contributed by atoms with Gasteiger partial charge in [0.2, 0.25) is 11.5 Å². The van der Waals surface area contributed by atoms with Crippen LogP contribution in [0.2, 0.25) is 0 Å². The molecule has 4 heterocycles. The van der Waals surface area contributed by atoms with E-state index in [1.807, 2.05) is 91.0 Å². The molecular formula is C48H30N6O. The lowest BCUT2D eigenvalue weighted by molar-refractivity contribution is 0.645. The Labute approximate surface area is 315 Å². The Morgan fingerprint density at radius 1 is 0.400 bits per heavy atom. The predicted octanol–water partition coefficient (Wildman–Crippen LogP) is 11.7. The van der Waals surface area contributed by atoms with Gasteiger partial charge in [0, 0.05) is 22.1 Å². The average Bonchev–Trinajstić information content (AvgIpc) is 3.91. The first-order valence-corrected chi connectivity index (χ1v) is 18.2. The van der Waals surface area contributed by atoms with Crippen LogP contribution in [0.15, 0.2) is 186 Å². The van der Waals surface area contributed by atoms with E-state index in [9.17, 15) is 0 Å². The van der Waals surface area contributed by atoms with Gasteiger partial charge in [0.25, 0.3) is 0 Å². The zero-order valence-corrected chi connectivity index (χ0v) is 29.4. The Morgan fingerprint density at radius 3 is 1.56 bits per heavy atom. The van der Waals surface area contributed by atoms with Crippen molar-refractivity contribution in [3.05, 3.63) is 182 Å². The van der Waals surface area contributed by atoms with E-state index in [0.29, 0.717) is 17.5 Å². The van der Waals surface area contributed by atoms with E-state index in [2.05, 4.69) is 100.0 Å². The van der Waals surface area contributed by atoms with Gasteiger partial charge in [-0.2, -0.15) is 0 Å². The van der Waals surface area contributed by atoms with Crippen molar-refractivity contribution >= 4 is 39.0 Å². The molecule has 7 heteroatoms. The molecule has 11 aromatic rings. The van der Waals surface area contributed by atoms with E-state index >= 15 is 0 Å². The normalized spacial score (nSPS) is 11.6. The molecule has 0 unspecified atom stereocenters. The van der Waals surface area contributed by atoms with Gasteiger partial charge in [-0.05, 0) is 70.8 Å². The van der Waals surface area contributed by atoms with Gasteiger partial charge in [-0.3, -0.25) is 4.40 Å². The molecule has 0 saturated carbocycles. The first-order valence-electron chi connectivity index (χ1n) is 18.2. The molecule has 0 amide bonds. The summed E-state index contributed by atoms with van der Waals surface area (Å²) in [5.74, 6) is 2.72. The molecule has 0 atom stereocenters. The number of hydrogen-bond donors (Lipinski definition) is 0. The molecule has 258 valence electrons. The van der Waals surface area contributed by atoms with E-state index in [1.165, 1.54) is 0 Å². The number of nitrogens with zero attached hydrogens (tertiary/aromatic N) is 6. The standard InChI is InChI=1S/C48H30N6O/c1-4-14-31(15-5-1)44-50-45(32-16-6-2-7-17-32)52-46(51-44)37-21-13-20-35(29-37)33-18-12-19-34(28-33)36-26-27-41-40(30-36)49-48-53(38-22-8-3-9-23-38)47-43(54(41)48)39-24-10-11-25-42(39)55-47/h1-30H. The Kier molecular flexibility index (Phi) is 7.03. The molecule has 7 aromatic carbocycles. The summed E-state index contributed by atoms with van der Waals surface area (Å²) in [5, 5.41) is 1.06. The lowest BCUT2D eigenvalue weighted by Gasteiger charge is -2.10. The molecule has 0 aliphatic carbocycles. The van der Waals surface area contributed by atoms with Crippen molar-refractivity contribution in [2.45, 2.75) is 0 Å². The molecule has 0 saturated heterocycles. The monoisotopic (exact) mass is 706 g/mol. The van der Waals surface area contributed by atoms with Gasteiger partial charge in [0.15, 0.2) is 17.5 Å². The largest absolute Gasteiger partial charge is 0.437 e. The number of hydrogen-bond acceptors (Lipinski definition) is 5. The average molecular weight is 707 g/mol. The Balaban J connectivity index is 1.00. The van der Waals surface area contributed by atoms with Crippen LogP contribution in [0.4, 0.5) is 0 Å². The summed E-state index contributed by atoms with van der Waals surface area (Å²) in [4.78, 5) is 20.0. The Morgan fingerprint density at radius 2 is 0.909 bits per heavy atom. The van der Waals surface area contributed by atoms with Crippen LogP contribution in [-0.4, -0.2) is 28.9 Å². The number of para-hydroxylation sites is 2. The quantitative estimate of drug-likeness (QED) is 0.172. The van der Waals surface area contributed by atoms with Crippen LogP contribution < -0.4 is 0 Å². The van der Waals surface area contributed by atoms with Crippen LogP contribution in [0.3, 0.4) is 0 Å². The molecule has 4 aromatic heterocycles. The van der Waals surface area contributed by atoms with Gasteiger partial charge in [-0.25, -0.2) is 24.5 Å². The van der Waals surface area contributed by atoms with Gasteiger partial charge in [-0.15, -0.1) is 0 Å². The lowest BCUT2D eigenvalue weighted by Crippen LogP contribution is -2.00. The maximum Gasteiger partial charge on any atom is 0.232 e. The number of benzene rings is 7. The van der Waals surface area contributed by atoms with Gasteiger partial charge in [-0.1, -0.05) is 133 Å². The maximum atomic E-state index is 6.46. The fraction of sp³-hybridized carbons (Fsp3) is 0. The van der Waals surface area contributed by atoms with Crippen LogP contribution in [-0.2, 0) is 0 Å². The van der Waals surface area contributed by atoms with E-state index in [0.717, 1.165) is 83.6 Å². The van der Waals surface area contributed by atoms with Crippen molar-refractivity contribution in [2.75, 3.05) is 0 Å². The first-order chi connectivity index (χ1) is 27.2. The summed E-state index contributed by atoms with van der Waals surface area (Å²) in [6, 6.07) is 62.2. The molecule has 55 heavy (non-hydrogen) atoms. The van der Waals surface area contributed by atoms with Gasteiger partial charge >= 0.3 is 0 Å². The van der Waals surface area contributed by atoms with Gasteiger partial charge in [0.05, 0.1) is 16.7 Å². The molecule has 11 rings (SSSR count). The highest BCUT2D eigenvalue weighted by Crippen LogP contribution is 2.37. The minimum absolute atomic E-state index is 0.627. The predicted molar refractivity (Wildman–Crippen MR) is 220 cm³/mol. The molecule has 0 spiro atoms. The van der Waals surface area contributed by atoms with Crippen LogP contribution in [0.1, 0.15) is 0 Å². The van der Waals surface area contributed by atoms with Crippen molar-refractivity contribution < 1.29 is 4.42 Å². The molecule has 0 radical (unpaired) electrons. The lowest BCUT2D eigenvalue weighted by atomic mass is 9.97. The number of rotatable bonds is 6. The molecule has 0 fully saturated rings. The maximum absolute atomic E-state index is 6.46. The summed E-state index contributed by atoms with van der Waals surface area (Å²) in [5.41, 5.74) is 12.7. The second-order valence-corrected chi connectivity index (χ2v) is 13.6. The van der Waals surface area contributed by atoms with Crippen LogP contribution >= 0.6 is 0 Å². The summed E-state index contributed by atoms with van der Waals surface area (Å²) < 4.78 is 10.8. The number of imidazole rings is 2. The third kappa shape index (κ3) is 5.21. The van der Waals surface area contributed by atoms with Crippen molar-refractivity contribution in [2.24, 2.45) is 0 Å². The fourth-order valence-corrected chi connectivity index (χ4v) is 7.56. The highest BCUT2D eigenvalue weighted by molar-refractivity contribution is 6.06. The highest BCUT2D eigenvalue weighted by Gasteiger charge is 2.23. The van der Waals surface area contributed by atoms with Crippen LogP contribution in [0, 0.1) is 0 Å². The number of fused-ring (bicyclic) bond motifs is 7. The van der Waals surface area contributed by atoms with E-state index in [4.69, 9.17) is 24.4 Å². The van der Waals surface area contributed by atoms with E-state index in [1.54, 1.807) is 0 Å². The minimum Gasteiger partial charge on any atom is -0.437 e. The Hall–Kier alpha value is -7.64. The van der Waals surface area contributed by atoms with E-state index in [-0.39, 0.29) is 0 Å².